The Kier molecular flexibility index (Phi) is 6.64. The first-order valence-electron chi connectivity index (χ1n) is 10.1. The van der Waals surface area contributed by atoms with Gasteiger partial charge in [0.1, 0.15) is 19.0 Å². The van der Waals surface area contributed by atoms with Gasteiger partial charge in [-0.2, -0.15) is 0 Å². The lowest BCUT2D eigenvalue weighted by Crippen LogP contribution is -2.22. The van der Waals surface area contributed by atoms with Crippen molar-refractivity contribution in [3.05, 3.63) is 78.1 Å². The quantitative estimate of drug-likeness (QED) is 0.492. The van der Waals surface area contributed by atoms with E-state index in [0.29, 0.717) is 24.7 Å². The molecule has 0 saturated carbocycles. The summed E-state index contributed by atoms with van der Waals surface area (Å²) in [5.41, 5.74) is -0.213. The molecule has 9 nitrogen and oxygen atoms in total. The molecule has 34 heavy (non-hydrogen) atoms. The van der Waals surface area contributed by atoms with Crippen LogP contribution in [0.4, 0.5) is 15.8 Å². The fourth-order valence-corrected chi connectivity index (χ4v) is 4.20. The van der Waals surface area contributed by atoms with E-state index in [1.807, 2.05) is 0 Å². The Morgan fingerprint density at radius 3 is 2.35 bits per heavy atom. The van der Waals surface area contributed by atoms with E-state index in [1.54, 1.807) is 0 Å². The largest absolute Gasteiger partial charge is 0.486 e. The third-order valence-electron chi connectivity index (χ3n) is 4.70. The zero-order chi connectivity index (χ0) is 24.1. The minimum atomic E-state index is -4.09. The molecule has 0 spiro atoms. The monoisotopic (exact) mass is 486 g/mol. The zero-order valence-corrected chi connectivity index (χ0v) is 18.4. The van der Waals surface area contributed by atoms with Crippen LogP contribution in [0.1, 0.15) is 10.4 Å². The molecule has 0 fully saturated rings. The summed E-state index contributed by atoms with van der Waals surface area (Å²) >= 11 is 0. The molecular formula is C23H19FN2O7S. The van der Waals surface area contributed by atoms with Gasteiger partial charge in [0.25, 0.3) is 15.9 Å². The van der Waals surface area contributed by atoms with Gasteiger partial charge in [-0.15, -0.1) is 0 Å². The Hall–Kier alpha value is -4.12. The summed E-state index contributed by atoms with van der Waals surface area (Å²) in [6, 6.07) is 15.5. The number of nitrogens with one attached hydrogen (secondary N) is 2. The van der Waals surface area contributed by atoms with Gasteiger partial charge in [-0.05, 0) is 36.4 Å². The number of benzene rings is 3. The van der Waals surface area contributed by atoms with Crippen LogP contribution in [0.25, 0.3) is 0 Å². The molecule has 1 aliphatic heterocycles. The smallest absolute Gasteiger partial charge is 0.340 e. The minimum absolute atomic E-state index is 0.0445. The lowest BCUT2D eigenvalue weighted by molar-refractivity contribution is -0.119. The molecule has 0 aromatic heterocycles. The minimum Gasteiger partial charge on any atom is -0.486 e. The number of carbonyl (C=O) groups excluding carboxylic acids is 2. The van der Waals surface area contributed by atoms with Crippen LogP contribution in [0.2, 0.25) is 0 Å². The van der Waals surface area contributed by atoms with E-state index in [4.69, 9.17) is 14.2 Å². The van der Waals surface area contributed by atoms with Gasteiger partial charge in [0.15, 0.2) is 18.1 Å². The summed E-state index contributed by atoms with van der Waals surface area (Å²) in [6.07, 6.45) is 0. The van der Waals surface area contributed by atoms with Crippen LogP contribution in [0.3, 0.4) is 0 Å². The topological polar surface area (TPSA) is 120 Å². The number of esters is 1. The predicted octanol–water partition coefficient (Wildman–Crippen LogP) is 3.19. The van der Waals surface area contributed by atoms with Gasteiger partial charge < -0.3 is 19.5 Å². The standard InChI is InChI=1S/C23H19FN2O7S/c24-17-6-2-4-8-19(17)25-22(27)14-33-23(28)16-5-1-3-7-18(16)26-34(29,30)15-9-10-20-21(13-15)32-12-11-31-20/h1-10,13,26H,11-12,14H2,(H,25,27). The number of halogens is 1. The van der Waals surface area contributed by atoms with Crippen molar-refractivity contribution in [2.75, 3.05) is 29.9 Å². The van der Waals surface area contributed by atoms with Crippen molar-refractivity contribution < 1.29 is 36.6 Å². The third-order valence-corrected chi connectivity index (χ3v) is 6.06. The van der Waals surface area contributed by atoms with Crippen molar-refractivity contribution >= 4 is 33.3 Å². The predicted molar refractivity (Wildman–Crippen MR) is 120 cm³/mol. The maximum absolute atomic E-state index is 13.7. The number of hydrogen-bond acceptors (Lipinski definition) is 7. The Labute approximate surface area is 194 Å². The molecule has 11 heteroatoms. The highest BCUT2D eigenvalue weighted by Crippen LogP contribution is 2.33. The first kappa shape index (κ1) is 23.1. The molecule has 0 atom stereocenters. The fourth-order valence-electron chi connectivity index (χ4n) is 3.10. The Bertz CT molecular complexity index is 1340. The first-order valence-corrected chi connectivity index (χ1v) is 11.5. The maximum atomic E-state index is 13.7. The fraction of sp³-hybridized carbons (Fsp3) is 0.130. The van der Waals surface area contributed by atoms with Crippen molar-refractivity contribution in [1.82, 2.24) is 0 Å². The number of carbonyl (C=O) groups is 2. The summed E-state index contributed by atoms with van der Waals surface area (Å²) < 4.78 is 57.6. The highest BCUT2D eigenvalue weighted by atomic mass is 32.2. The molecule has 0 bridgehead atoms. The van der Waals surface area contributed by atoms with E-state index in [0.717, 1.165) is 0 Å². The third kappa shape index (κ3) is 5.26. The van der Waals surface area contributed by atoms with E-state index >= 15 is 0 Å². The molecule has 1 heterocycles. The molecule has 3 aromatic rings. The van der Waals surface area contributed by atoms with Crippen LogP contribution in [0, 0.1) is 5.82 Å². The number of rotatable bonds is 7. The second kappa shape index (κ2) is 9.79. The van der Waals surface area contributed by atoms with Crippen molar-refractivity contribution in [3.63, 3.8) is 0 Å². The van der Waals surface area contributed by atoms with Crippen LogP contribution < -0.4 is 19.5 Å². The summed E-state index contributed by atoms with van der Waals surface area (Å²) in [5, 5.41) is 2.29. The second-order valence-electron chi connectivity index (χ2n) is 7.06. The molecule has 2 N–H and O–H groups in total. The Balaban J connectivity index is 1.45. The number of anilines is 2. The highest BCUT2D eigenvalue weighted by molar-refractivity contribution is 7.92. The van der Waals surface area contributed by atoms with Crippen LogP contribution in [-0.4, -0.2) is 40.1 Å². The van der Waals surface area contributed by atoms with Crippen molar-refractivity contribution in [1.29, 1.82) is 0 Å². The van der Waals surface area contributed by atoms with Crippen molar-refractivity contribution in [2.45, 2.75) is 4.90 Å². The Morgan fingerprint density at radius 2 is 1.59 bits per heavy atom. The summed E-state index contributed by atoms with van der Waals surface area (Å²) in [7, 11) is -4.09. The number of ether oxygens (including phenoxy) is 3. The number of sulfonamides is 1. The number of fused-ring (bicyclic) bond motifs is 1. The first-order chi connectivity index (χ1) is 16.3. The summed E-state index contributed by atoms with van der Waals surface area (Å²) in [6.45, 7) is -0.0371. The van der Waals surface area contributed by atoms with E-state index in [2.05, 4.69) is 10.0 Å². The molecule has 3 aromatic carbocycles. The average Bonchev–Trinajstić information content (AvgIpc) is 2.84. The molecule has 0 saturated heterocycles. The van der Waals surface area contributed by atoms with E-state index in [9.17, 15) is 22.4 Å². The lowest BCUT2D eigenvalue weighted by atomic mass is 10.2. The molecular weight excluding hydrogens is 467 g/mol. The molecule has 0 aliphatic carbocycles. The van der Waals surface area contributed by atoms with Crippen LogP contribution in [-0.2, 0) is 19.6 Å². The van der Waals surface area contributed by atoms with E-state index in [-0.39, 0.29) is 21.8 Å². The molecule has 176 valence electrons. The molecule has 1 amide bonds. The molecule has 0 unspecified atom stereocenters. The van der Waals surface area contributed by atoms with Gasteiger partial charge >= 0.3 is 5.97 Å². The van der Waals surface area contributed by atoms with Crippen LogP contribution in [0.15, 0.2) is 71.6 Å². The number of para-hydroxylation sites is 2. The van der Waals surface area contributed by atoms with Crippen molar-refractivity contribution in [3.8, 4) is 11.5 Å². The van der Waals surface area contributed by atoms with Gasteiger partial charge in [-0.1, -0.05) is 24.3 Å². The Morgan fingerprint density at radius 1 is 0.912 bits per heavy atom. The zero-order valence-electron chi connectivity index (χ0n) is 17.6. The van der Waals surface area contributed by atoms with Gasteiger partial charge in [-0.25, -0.2) is 17.6 Å². The normalized spacial score (nSPS) is 12.5. The summed E-state index contributed by atoms with van der Waals surface area (Å²) in [4.78, 5) is 24.5. The number of amides is 1. The van der Waals surface area contributed by atoms with Gasteiger partial charge in [0, 0.05) is 6.07 Å². The van der Waals surface area contributed by atoms with Gasteiger partial charge in [-0.3, -0.25) is 9.52 Å². The molecule has 0 radical (unpaired) electrons. The number of hydrogen-bond donors (Lipinski definition) is 2. The average molecular weight is 486 g/mol. The van der Waals surface area contributed by atoms with Gasteiger partial charge in [0.05, 0.1) is 21.8 Å². The second-order valence-corrected chi connectivity index (χ2v) is 8.74. The lowest BCUT2D eigenvalue weighted by Gasteiger charge is -2.19. The van der Waals surface area contributed by atoms with Gasteiger partial charge in [0.2, 0.25) is 0 Å². The van der Waals surface area contributed by atoms with E-state index in [1.165, 1.54) is 66.7 Å². The van der Waals surface area contributed by atoms with E-state index < -0.39 is 34.3 Å². The van der Waals surface area contributed by atoms with Crippen LogP contribution >= 0.6 is 0 Å². The maximum Gasteiger partial charge on any atom is 0.340 e. The summed E-state index contributed by atoms with van der Waals surface area (Å²) in [5.74, 6) is -1.61. The SMILES string of the molecule is O=C(COC(=O)c1ccccc1NS(=O)(=O)c1ccc2c(c1)OCCO2)Nc1ccccc1F. The molecule has 4 rings (SSSR count). The van der Waals surface area contributed by atoms with Crippen LogP contribution in [0.5, 0.6) is 11.5 Å². The highest BCUT2D eigenvalue weighted by Gasteiger charge is 2.22. The molecule has 1 aliphatic rings. The van der Waals surface area contributed by atoms with Crippen molar-refractivity contribution in [2.24, 2.45) is 0 Å².